The van der Waals surface area contributed by atoms with Crippen LogP contribution in [0.4, 0.5) is 0 Å². The number of benzene rings is 3. The molecule has 0 unspecified atom stereocenters. The number of aromatic carboxylic acids is 2. The third-order valence-electron chi connectivity index (χ3n) is 5.81. The number of aromatic nitrogens is 3. The summed E-state index contributed by atoms with van der Waals surface area (Å²) in [5.41, 5.74) is 6.09. The van der Waals surface area contributed by atoms with Crippen molar-refractivity contribution in [3.8, 4) is 33.9 Å². The van der Waals surface area contributed by atoms with Gasteiger partial charge in [-0.15, -0.1) is 0 Å². The predicted molar refractivity (Wildman–Crippen MR) is 158 cm³/mol. The van der Waals surface area contributed by atoms with Crippen LogP contribution in [-0.2, 0) is 19.5 Å². The third kappa shape index (κ3) is 9.92. The maximum absolute atomic E-state index is 10.1. The van der Waals surface area contributed by atoms with Crippen molar-refractivity contribution in [3.05, 3.63) is 163 Å². The second kappa shape index (κ2) is 16.8. The van der Waals surface area contributed by atoms with Gasteiger partial charge in [-0.25, -0.2) is 4.98 Å². The SMILES string of the molecule is O=C([O-])c1ccccc1.O=C([O-])c1ccccc1.[Zn+2].c1ccc(-c2cc(-c3ccccn3)nc(-c3ccccn3)c2)cc1. The van der Waals surface area contributed by atoms with E-state index in [0.29, 0.717) is 0 Å². The average molecular weight is 617 g/mol. The van der Waals surface area contributed by atoms with E-state index in [9.17, 15) is 19.8 Å². The predicted octanol–water partition coefficient (Wildman–Crippen LogP) is 4.97. The Bertz CT molecular complexity index is 1520. The van der Waals surface area contributed by atoms with E-state index < -0.39 is 11.9 Å². The Kier molecular flexibility index (Phi) is 12.6. The van der Waals surface area contributed by atoms with Gasteiger partial charge in [0.25, 0.3) is 0 Å². The van der Waals surface area contributed by atoms with E-state index in [1.165, 1.54) is 24.3 Å². The van der Waals surface area contributed by atoms with E-state index >= 15 is 0 Å². The molecule has 0 amide bonds. The molecular weight excluding hydrogens is 592 g/mol. The van der Waals surface area contributed by atoms with Gasteiger partial charge in [0.2, 0.25) is 0 Å². The summed E-state index contributed by atoms with van der Waals surface area (Å²) in [6.07, 6.45) is 3.57. The molecule has 0 aliphatic rings. The van der Waals surface area contributed by atoms with Crippen LogP contribution in [0.1, 0.15) is 20.7 Å². The number of rotatable bonds is 5. The molecule has 0 aliphatic carbocycles. The number of hydrogen-bond acceptors (Lipinski definition) is 7. The average Bonchev–Trinajstić information content (AvgIpc) is 3.07. The number of nitrogens with zero attached hydrogens (tertiary/aromatic N) is 3. The van der Waals surface area contributed by atoms with Crippen LogP contribution in [0.5, 0.6) is 0 Å². The van der Waals surface area contributed by atoms with E-state index in [1.807, 2.05) is 54.6 Å². The summed E-state index contributed by atoms with van der Waals surface area (Å²) >= 11 is 0. The minimum atomic E-state index is -1.13. The molecule has 0 fully saturated rings. The van der Waals surface area contributed by atoms with Crippen molar-refractivity contribution >= 4 is 11.9 Å². The van der Waals surface area contributed by atoms with E-state index in [1.54, 1.807) is 48.8 Å². The van der Waals surface area contributed by atoms with Gasteiger partial charge in [0.1, 0.15) is 0 Å². The summed E-state index contributed by atoms with van der Waals surface area (Å²) < 4.78 is 0. The maximum Gasteiger partial charge on any atom is 2.00 e. The number of carbonyl (C=O) groups is 2. The molecule has 206 valence electrons. The van der Waals surface area contributed by atoms with E-state index in [2.05, 4.69) is 34.2 Å². The van der Waals surface area contributed by atoms with Crippen molar-refractivity contribution in [2.24, 2.45) is 0 Å². The first kappa shape index (κ1) is 32.2. The van der Waals surface area contributed by atoms with Gasteiger partial charge in [0.15, 0.2) is 0 Å². The summed E-state index contributed by atoms with van der Waals surface area (Å²) in [4.78, 5) is 33.8. The quantitative estimate of drug-likeness (QED) is 0.251. The molecule has 0 spiro atoms. The van der Waals surface area contributed by atoms with Crippen LogP contribution in [0.3, 0.4) is 0 Å². The molecule has 0 N–H and O–H groups in total. The summed E-state index contributed by atoms with van der Waals surface area (Å²) in [6.45, 7) is 0. The van der Waals surface area contributed by atoms with Gasteiger partial charge in [-0.3, -0.25) is 9.97 Å². The van der Waals surface area contributed by atoms with Crippen molar-refractivity contribution < 1.29 is 39.3 Å². The summed E-state index contributed by atoms with van der Waals surface area (Å²) in [7, 11) is 0. The zero-order valence-electron chi connectivity index (χ0n) is 23.1. The molecule has 6 aromatic rings. The first-order chi connectivity index (χ1) is 20.5. The summed E-state index contributed by atoms with van der Waals surface area (Å²) in [5, 5.41) is 20.2. The second-order valence-corrected chi connectivity index (χ2v) is 8.73. The van der Waals surface area contributed by atoms with E-state index in [0.717, 1.165) is 33.9 Å². The van der Waals surface area contributed by atoms with Crippen molar-refractivity contribution in [2.45, 2.75) is 0 Å². The zero-order valence-corrected chi connectivity index (χ0v) is 26.1. The summed E-state index contributed by atoms with van der Waals surface area (Å²) in [5.74, 6) is -2.26. The van der Waals surface area contributed by atoms with Gasteiger partial charge < -0.3 is 19.8 Å². The Hall–Kier alpha value is -5.33. The fraction of sp³-hybridized carbons (Fsp3) is 0. The molecule has 0 aliphatic heterocycles. The van der Waals surface area contributed by atoms with Gasteiger partial charge in [-0.1, -0.05) is 103 Å². The van der Waals surface area contributed by atoms with Gasteiger partial charge in [0, 0.05) is 12.4 Å². The van der Waals surface area contributed by atoms with E-state index in [4.69, 9.17) is 4.98 Å². The first-order valence-corrected chi connectivity index (χ1v) is 12.9. The minimum Gasteiger partial charge on any atom is -0.545 e. The van der Waals surface area contributed by atoms with Crippen LogP contribution in [0.15, 0.2) is 152 Å². The molecule has 0 atom stereocenters. The Morgan fingerprint density at radius 3 is 1.14 bits per heavy atom. The van der Waals surface area contributed by atoms with Crippen molar-refractivity contribution in [2.75, 3.05) is 0 Å². The van der Waals surface area contributed by atoms with E-state index in [-0.39, 0.29) is 30.6 Å². The molecule has 0 saturated carbocycles. The van der Waals surface area contributed by atoms with Crippen LogP contribution in [-0.4, -0.2) is 26.9 Å². The molecule has 43 heavy (non-hydrogen) atoms. The van der Waals surface area contributed by atoms with Crippen molar-refractivity contribution in [1.29, 1.82) is 0 Å². The molecule has 3 heterocycles. The molecule has 0 bridgehead atoms. The number of hydrogen-bond donors (Lipinski definition) is 0. The monoisotopic (exact) mass is 615 g/mol. The molecule has 3 aromatic heterocycles. The molecule has 3 aromatic carbocycles. The molecule has 0 saturated heterocycles. The fourth-order valence-electron chi connectivity index (χ4n) is 3.77. The maximum atomic E-state index is 10.1. The Labute approximate surface area is 262 Å². The second-order valence-electron chi connectivity index (χ2n) is 8.73. The first-order valence-electron chi connectivity index (χ1n) is 12.9. The molecular formula is C35H25N3O4Zn. The largest absolute Gasteiger partial charge is 2.00 e. The smallest absolute Gasteiger partial charge is 0.545 e. The molecule has 0 radical (unpaired) electrons. The fourth-order valence-corrected chi connectivity index (χ4v) is 3.77. The van der Waals surface area contributed by atoms with Crippen molar-refractivity contribution in [3.63, 3.8) is 0 Å². The standard InChI is InChI=1S/C21H15N3.2C7H6O2.Zn/c1-2-8-16(9-3-1)17-14-20(18-10-4-6-12-22-18)24-21(15-17)19-11-5-7-13-23-19;2*8-7(9)6-4-2-1-3-5-6;/h1-15H;2*1-5H,(H,8,9);/q;;;+2/p-2. The van der Waals surface area contributed by atoms with Crippen LogP contribution < -0.4 is 10.2 Å². The number of carboxylic acids is 2. The van der Waals surface area contributed by atoms with Gasteiger partial charge >= 0.3 is 19.5 Å². The zero-order chi connectivity index (χ0) is 29.6. The number of pyridine rings is 3. The van der Waals surface area contributed by atoms with Gasteiger partial charge in [-0.2, -0.15) is 0 Å². The Balaban J connectivity index is 0.000000219. The van der Waals surface area contributed by atoms with Crippen LogP contribution in [0.25, 0.3) is 33.9 Å². The normalized spacial score (nSPS) is 9.58. The van der Waals surface area contributed by atoms with Crippen molar-refractivity contribution in [1.82, 2.24) is 15.0 Å². The van der Waals surface area contributed by atoms with Crippen LogP contribution in [0, 0.1) is 0 Å². The number of carbonyl (C=O) groups excluding carboxylic acids is 2. The summed E-state index contributed by atoms with van der Waals surface area (Å²) in [6, 6.07) is 42.3. The Morgan fingerprint density at radius 2 is 0.814 bits per heavy atom. The molecule has 8 heteroatoms. The van der Waals surface area contributed by atoms with Gasteiger partial charge in [-0.05, 0) is 58.7 Å². The van der Waals surface area contributed by atoms with Crippen LogP contribution in [0.2, 0.25) is 0 Å². The third-order valence-corrected chi connectivity index (χ3v) is 5.81. The Morgan fingerprint density at radius 1 is 0.442 bits per heavy atom. The van der Waals surface area contributed by atoms with Gasteiger partial charge in [0.05, 0.1) is 34.7 Å². The van der Waals surface area contributed by atoms with Crippen LogP contribution >= 0.6 is 0 Å². The topological polar surface area (TPSA) is 119 Å². The number of carboxylic acid groups (broad SMARTS) is 2. The molecule has 6 rings (SSSR count). The minimum absolute atomic E-state index is 0. The molecule has 7 nitrogen and oxygen atoms in total.